The molecule has 0 aliphatic heterocycles. The maximum absolute atomic E-state index is 12.5. The third-order valence-electron chi connectivity index (χ3n) is 5.08. The standard InChI is InChI=1S/C24H19ClN4OS/c1-16-9-10-28-22(11-16)26-19(13-23(28)30)15-31-24-27-20-12-18(25)7-8-21(20)29(24)14-17-5-3-2-4-6-17/h2-13H,14-15H2,1H3. The lowest BCUT2D eigenvalue weighted by Gasteiger charge is -2.09. The van der Waals surface area contributed by atoms with E-state index in [1.807, 2.05) is 55.5 Å². The van der Waals surface area contributed by atoms with E-state index in [0.717, 1.165) is 27.4 Å². The third-order valence-corrected chi connectivity index (χ3v) is 6.33. The summed E-state index contributed by atoms with van der Waals surface area (Å²) in [6, 6.07) is 21.5. The van der Waals surface area contributed by atoms with Crippen LogP contribution in [0.3, 0.4) is 0 Å². The molecule has 0 radical (unpaired) electrons. The Balaban J connectivity index is 1.51. The Morgan fingerprint density at radius 3 is 2.68 bits per heavy atom. The van der Waals surface area contributed by atoms with Gasteiger partial charge in [-0.2, -0.15) is 0 Å². The van der Waals surface area contributed by atoms with Gasteiger partial charge < -0.3 is 4.57 Å². The minimum Gasteiger partial charge on any atom is -0.314 e. The molecule has 3 heterocycles. The topological polar surface area (TPSA) is 52.2 Å². The van der Waals surface area contributed by atoms with E-state index in [1.165, 1.54) is 5.56 Å². The number of nitrogens with zero attached hydrogens (tertiary/aromatic N) is 4. The van der Waals surface area contributed by atoms with Gasteiger partial charge in [-0.15, -0.1) is 0 Å². The summed E-state index contributed by atoms with van der Waals surface area (Å²) in [5, 5.41) is 1.53. The molecule has 5 aromatic rings. The van der Waals surface area contributed by atoms with E-state index in [9.17, 15) is 4.79 Å². The average molecular weight is 447 g/mol. The van der Waals surface area contributed by atoms with E-state index in [-0.39, 0.29) is 5.56 Å². The van der Waals surface area contributed by atoms with E-state index in [0.29, 0.717) is 23.0 Å². The first kappa shape index (κ1) is 19.8. The zero-order valence-electron chi connectivity index (χ0n) is 16.8. The monoisotopic (exact) mass is 446 g/mol. The molecule has 0 saturated carbocycles. The van der Waals surface area contributed by atoms with Crippen molar-refractivity contribution in [1.82, 2.24) is 18.9 Å². The van der Waals surface area contributed by atoms with Crippen LogP contribution in [0.4, 0.5) is 0 Å². The fourth-order valence-corrected chi connectivity index (χ4v) is 4.65. The van der Waals surface area contributed by atoms with Crippen LogP contribution in [-0.4, -0.2) is 18.9 Å². The van der Waals surface area contributed by atoms with Crippen LogP contribution >= 0.6 is 23.4 Å². The lowest BCUT2D eigenvalue weighted by molar-refractivity contribution is 0.731. The Morgan fingerprint density at radius 2 is 1.84 bits per heavy atom. The van der Waals surface area contributed by atoms with Gasteiger partial charge in [0.25, 0.3) is 5.56 Å². The van der Waals surface area contributed by atoms with Crippen LogP contribution in [0, 0.1) is 6.92 Å². The Morgan fingerprint density at radius 1 is 1.00 bits per heavy atom. The van der Waals surface area contributed by atoms with Gasteiger partial charge in [-0.05, 0) is 48.4 Å². The van der Waals surface area contributed by atoms with Gasteiger partial charge in [0, 0.05) is 23.0 Å². The summed E-state index contributed by atoms with van der Waals surface area (Å²) in [6.45, 7) is 2.69. The van der Waals surface area contributed by atoms with Crippen molar-refractivity contribution in [1.29, 1.82) is 0 Å². The summed E-state index contributed by atoms with van der Waals surface area (Å²) in [5.41, 5.74) is 5.45. The van der Waals surface area contributed by atoms with E-state index in [1.54, 1.807) is 28.4 Å². The zero-order valence-corrected chi connectivity index (χ0v) is 18.4. The molecule has 154 valence electrons. The Bertz CT molecular complexity index is 1460. The third kappa shape index (κ3) is 4.09. The molecule has 0 spiro atoms. The first-order valence-corrected chi connectivity index (χ1v) is 11.2. The van der Waals surface area contributed by atoms with E-state index in [2.05, 4.69) is 21.7 Å². The Hall–Kier alpha value is -3.09. The van der Waals surface area contributed by atoms with Gasteiger partial charge in [0.15, 0.2) is 5.16 Å². The second-order valence-electron chi connectivity index (χ2n) is 7.41. The number of pyridine rings is 1. The molecule has 0 bridgehead atoms. The van der Waals surface area contributed by atoms with Crippen molar-refractivity contribution < 1.29 is 0 Å². The number of aromatic nitrogens is 4. The lowest BCUT2D eigenvalue weighted by Crippen LogP contribution is -2.15. The van der Waals surface area contributed by atoms with Crippen LogP contribution < -0.4 is 5.56 Å². The highest BCUT2D eigenvalue weighted by Crippen LogP contribution is 2.29. The second-order valence-corrected chi connectivity index (χ2v) is 8.78. The average Bonchev–Trinajstić information content (AvgIpc) is 3.09. The molecule has 0 saturated heterocycles. The van der Waals surface area contributed by atoms with E-state index in [4.69, 9.17) is 16.6 Å². The highest BCUT2D eigenvalue weighted by molar-refractivity contribution is 7.98. The minimum absolute atomic E-state index is 0.0785. The fraction of sp³-hybridized carbons (Fsp3) is 0.125. The predicted molar refractivity (Wildman–Crippen MR) is 126 cm³/mol. The maximum atomic E-state index is 12.5. The van der Waals surface area contributed by atoms with Crippen molar-refractivity contribution in [2.45, 2.75) is 24.4 Å². The van der Waals surface area contributed by atoms with Crippen LogP contribution in [0.15, 0.2) is 82.9 Å². The number of halogens is 1. The maximum Gasteiger partial charge on any atom is 0.258 e. The summed E-state index contributed by atoms with van der Waals surface area (Å²) in [5.74, 6) is 0.547. The summed E-state index contributed by atoms with van der Waals surface area (Å²) < 4.78 is 3.75. The van der Waals surface area contributed by atoms with Gasteiger partial charge in [-0.3, -0.25) is 9.20 Å². The quantitative estimate of drug-likeness (QED) is 0.342. The van der Waals surface area contributed by atoms with Gasteiger partial charge in [-0.1, -0.05) is 53.7 Å². The van der Waals surface area contributed by atoms with Crippen molar-refractivity contribution in [3.05, 3.63) is 105 Å². The smallest absolute Gasteiger partial charge is 0.258 e. The molecule has 7 heteroatoms. The molecular formula is C24H19ClN4OS. The molecule has 0 amide bonds. The van der Waals surface area contributed by atoms with Gasteiger partial charge >= 0.3 is 0 Å². The highest BCUT2D eigenvalue weighted by Gasteiger charge is 2.13. The van der Waals surface area contributed by atoms with E-state index >= 15 is 0 Å². The van der Waals surface area contributed by atoms with Crippen molar-refractivity contribution >= 4 is 40.0 Å². The fourth-order valence-electron chi connectivity index (χ4n) is 3.58. The number of fused-ring (bicyclic) bond motifs is 2. The van der Waals surface area contributed by atoms with Gasteiger partial charge in [0.05, 0.1) is 23.3 Å². The molecule has 2 aromatic carbocycles. The number of hydrogen-bond donors (Lipinski definition) is 0. The number of thioether (sulfide) groups is 1. The summed E-state index contributed by atoms with van der Waals surface area (Å²) in [4.78, 5) is 22.0. The molecule has 0 N–H and O–H groups in total. The van der Waals surface area contributed by atoms with Crippen molar-refractivity contribution in [2.24, 2.45) is 0 Å². The molecule has 5 nitrogen and oxygen atoms in total. The zero-order chi connectivity index (χ0) is 21.4. The molecular weight excluding hydrogens is 428 g/mol. The predicted octanol–water partition coefficient (Wildman–Crippen LogP) is 5.35. The SMILES string of the molecule is Cc1ccn2c(=O)cc(CSc3nc4cc(Cl)ccc4n3Cc3ccccc3)nc2c1. The largest absolute Gasteiger partial charge is 0.314 e. The number of aryl methyl sites for hydroxylation is 1. The normalized spacial score (nSPS) is 11.4. The van der Waals surface area contributed by atoms with Crippen LogP contribution in [-0.2, 0) is 12.3 Å². The first-order valence-electron chi connectivity index (χ1n) is 9.88. The van der Waals surface area contributed by atoms with Crippen LogP contribution in [0.25, 0.3) is 16.7 Å². The van der Waals surface area contributed by atoms with Gasteiger partial charge in [0.1, 0.15) is 5.65 Å². The molecule has 0 aliphatic rings. The molecule has 5 rings (SSSR count). The van der Waals surface area contributed by atoms with Crippen LogP contribution in [0.2, 0.25) is 5.02 Å². The lowest BCUT2D eigenvalue weighted by atomic mass is 10.2. The van der Waals surface area contributed by atoms with Gasteiger partial charge in [0.2, 0.25) is 0 Å². The molecule has 0 unspecified atom stereocenters. The summed E-state index contributed by atoms with van der Waals surface area (Å²) in [7, 11) is 0. The number of benzene rings is 2. The van der Waals surface area contributed by atoms with Crippen molar-refractivity contribution in [3.8, 4) is 0 Å². The Kier molecular flexibility index (Phi) is 5.26. The molecule has 0 atom stereocenters. The van der Waals surface area contributed by atoms with Crippen LogP contribution in [0.1, 0.15) is 16.8 Å². The summed E-state index contributed by atoms with van der Waals surface area (Å²) in [6.07, 6.45) is 1.76. The van der Waals surface area contributed by atoms with Crippen LogP contribution in [0.5, 0.6) is 0 Å². The molecule has 3 aromatic heterocycles. The number of rotatable bonds is 5. The highest BCUT2D eigenvalue weighted by atomic mass is 35.5. The molecule has 0 fully saturated rings. The van der Waals surface area contributed by atoms with Gasteiger partial charge in [-0.25, -0.2) is 9.97 Å². The molecule has 0 aliphatic carbocycles. The minimum atomic E-state index is -0.0785. The number of hydrogen-bond acceptors (Lipinski definition) is 4. The number of imidazole rings is 1. The second kappa shape index (κ2) is 8.21. The first-order chi connectivity index (χ1) is 15.1. The Labute approximate surface area is 188 Å². The van der Waals surface area contributed by atoms with Crippen molar-refractivity contribution in [2.75, 3.05) is 0 Å². The van der Waals surface area contributed by atoms with E-state index < -0.39 is 0 Å². The molecule has 31 heavy (non-hydrogen) atoms. The van der Waals surface area contributed by atoms with Crippen molar-refractivity contribution in [3.63, 3.8) is 0 Å². The summed E-state index contributed by atoms with van der Waals surface area (Å²) >= 11 is 7.77.